The maximum Gasteiger partial charge on any atom is 0.417 e. The molecule has 3 rings (SSSR count). The van der Waals surface area contributed by atoms with Crippen LogP contribution in [0.5, 0.6) is 0 Å². The normalized spacial score (nSPS) is 13.9. The number of nitrogen functional groups attached to an aromatic ring is 1. The molecule has 7 heteroatoms. The van der Waals surface area contributed by atoms with Crippen molar-refractivity contribution in [3.63, 3.8) is 0 Å². The van der Waals surface area contributed by atoms with Gasteiger partial charge in [-0.05, 0) is 23.8 Å². The predicted octanol–water partition coefficient (Wildman–Crippen LogP) is 4.05. The Morgan fingerprint density at radius 2 is 1.65 bits per heavy atom. The monoisotopic (exact) mass is 384 g/mol. The molecule has 2 aromatic carbocycles. The molecule has 0 unspecified atom stereocenters. The van der Waals surface area contributed by atoms with Gasteiger partial charge in [-0.3, -0.25) is 4.79 Å². The highest BCUT2D eigenvalue weighted by atomic mass is 79.9. The molecule has 23 heavy (non-hydrogen) atoms. The number of carbonyl (C=O) groups is 1. The second kappa shape index (κ2) is 6.16. The summed E-state index contributed by atoms with van der Waals surface area (Å²) in [6, 6.07) is 9.90. The molecule has 0 aliphatic carbocycles. The van der Waals surface area contributed by atoms with Gasteiger partial charge in [0.25, 0.3) is 5.91 Å². The maximum atomic E-state index is 13.1. The zero-order chi connectivity index (χ0) is 15.9. The molecule has 0 aromatic heterocycles. The highest BCUT2D eigenvalue weighted by Crippen LogP contribution is 2.34. The lowest BCUT2D eigenvalue weighted by atomic mass is 9.91. The lowest BCUT2D eigenvalue weighted by Crippen LogP contribution is -2.22. The predicted molar refractivity (Wildman–Crippen MR) is 87.2 cm³/mol. The van der Waals surface area contributed by atoms with Crippen molar-refractivity contribution < 1.29 is 18.0 Å². The number of nitrogens with two attached hydrogens (primary N) is 1. The van der Waals surface area contributed by atoms with Crippen LogP contribution in [0.25, 0.3) is 0 Å². The van der Waals surface area contributed by atoms with E-state index in [0.717, 1.165) is 6.07 Å². The number of alkyl halides is 3. The Kier molecular flexibility index (Phi) is 4.61. The van der Waals surface area contributed by atoms with Gasteiger partial charge >= 0.3 is 6.18 Å². The lowest BCUT2D eigenvalue weighted by Gasteiger charge is -2.19. The van der Waals surface area contributed by atoms with Crippen LogP contribution in [0.3, 0.4) is 0 Å². The van der Waals surface area contributed by atoms with Gasteiger partial charge in [-0.15, -0.1) is 17.0 Å². The van der Waals surface area contributed by atoms with Crippen LogP contribution in [-0.4, -0.2) is 11.6 Å². The van der Waals surface area contributed by atoms with Crippen molar-refractivity contribution in [2.24, 2.45) is 4.99 Å². The molecule has 0 saturated heterocycles. The molecule has 120 valence electrons. The van der Waals surface area contributed by atoms with E-state index in [1.807, 2.05) is 0 Å². The minimum absolute atomic E-state index is 0. The molecule has 1 aliphatic rings. The number of fused-ring (bicyclic) bond motifs is 1. The SMILES string of the molecule is Br.Nc1cccc2c1CC(c1ccccc1C(F)(F)F)=NC2=O. The number of anilines is 1. The summed E-state index contributed by atoms with van der Waals surface area (Å²) in [5.41, 5.74) is 6.27. The zero-order valence-corrected chi connectivity index (χ0v) is 13.4. The zero-order valence-electron chi connectivity index (χ0n) is 11.7. The van der Waals surface area contributed by atoms with Gasteiger partial charge in [0.15, 0.2) is 0 Å². The van der Waals surface area contributed by atoms with Crippen molar-refractivity contribution in [3.05, 3.63) is 64.7 Å². The number of hydrogen-bond acceptors (Lipinski definition) is 2. The molecule has 0 fully saturated rings. The van der Waals surface area contributed by atoms with Gasteiger partial charge in [-0.2, -0.15) is 13.2 Å². The molecule has 0 spiro atoms. The highest BCUT2D eigenvalue weighted by molar-refractivity contribution is 8.93. The second-order valence-electron chi connectivity index (χ2n) is 4.96. The molecule has 2 N–H and O–H groups in total. The van der Waals surface area contributed by atoms with Gasteiger partial charge < -0.3 is 5.73 Å². The first kappa shape index (κ1) is 17.2. The maximum absolute atomic E-state index is 13.1. The quantitative estimate of drug-likeness (QED) is 0.754. The van der Waals surface area contributed by atoms with Crippen molar-refractivity contribution in [1.29, 1.82) is 0 Å². The number of carbonyl (C=O) groups excluding carboxylic acids is 1. The Bertz CT molecular complexity index is 800. The molecule has 1 aliphatic heterocycles. The number of halogens is 4. The van der Waals surface area contributed by atoms with Crippen LogP contribution in [-0.2, 0) is 12.6 Å². The smallest absolute Gasteiger partial charge is 0.398 e. The van der Waals surface area contributed by atoms with Crippen molar-refractivity contribution in [2.75, 3.05) is 5.73 Å². The highest BCUT2D eigenvalue weighted by Gasteiger charge is 2.35. The summed E-state index contributed by atoms with van der Waals surface area (Å²) in [5, 5.41) is 0. The van der Waals surface area contributed by atoms with Gasteiger partial charge in [-0.1, -0.05) is 24.3 Å². The van der Waals surface area contributed by atoms with Crippen LogP contribution in [0.15, 0.2) is 47.5 Å². The van der Waals surface area contributed by atoms with E-state index in [1.165, 1.54) is 18.2 Å². The van der Waals surface area contributed by atoms with Gasteiger partial charge in [0.05, 0.1) is 11.3 Å². The minimum Gasteiger partial charge on any atom is -0.398 e. The van der Waals surface area contributed by atoms with E-state index in [1.54, 1.807) is 18.2 Å². The van der Waals surface area contributed by atoms with Crippen molar-refractivity contribution in [3.8, 4) is 0 Å². The number of amides is 1. The standard InChI is InChI=1S/C16H11F3N2O.BrH/c17-16(18,19)12-6-2-1-4-10(12)14-8-11-9(15(22)21-14)5-3-7-13(11)20;/h1-7H,8,20H2;1H. The molecular formula is C16H12BrF3N2O. The van der Waals surface area contributed by atoms with E-state index in [0.29, 0.717) is 16.8 Å². The van der Waals surface area contributed by atoms with Crippen LogP contribution in [0, 0.1) is 0 Å². The first-order chi connectivity index (χ1) is 10.4. The summed E-state index contributed by atoms with van der Waals surface area (Å²) >= 11 is 0. The van der Waals surface area contributed by atoms with E-state index in [9.17, 15) is 18.0 Å². The number of rotatable bonds is 1. The van der Waals surface area contributed by atoms with Gasteiger partial charge in [0, 0.05) is 23.2 Å². The fourth-order valence-corrected chi connectivity index (χ4v) is 2.53. The molecule has 3 nitrogen and oxygen atoms in total. The Morgan fingerprint density at radius 3 is 2.35 bits per heavy atom. The summed E-state index contributed by atoms with van der Waals surface area (Å²) in [7, 11) is 0. The van der Waals surface area contributed by atoms with Gasteiger partial charge in [0.1, 0.15) is 0 Å². The molecular weight excluding hydrogens is 373 g/mol. The summed E-state index contributed by atoms with van der Waals surface area (Å²) in [6.07, 6.45) is -4.41. The Balaban J connectivity index is 0.00000192. The van der Waals surface area contributed by atoms with Crippen LogP contribution >= 0.6 is 17.0 Å². The largest absolute Gasteiger partial charge is 0.417 e. The number of nitrogens with zero attached hydrogens (tertiary/aromatic N) is 1. The average molecular weight is 385 g/mol. The molecule has 0 saturated carbocycles. The van der Waals surface area contributed by atoms with Crippen molar-refractivity contribution in [2.45, 2.75) is 12.6 Å². The van der Waals surface area contributed by atoms with E-state index < -0.39 is 17.6 Å². The molecule has 0 radical (unpaired) electrons. The van der Waals surface area contributed by atoms with Crippen LogP contribution in [0.4, 0.5) is 18.9 Å². The van der Waals surface area contributed by atoms with E-state index in [2.05, 4.69) is 4.99 Å². The number of aliphatic imine (C=N–C) groups is 1. The van der Waals surface area contributed by atoms with Gasteiger partial charge in [0.2, 0.25) is 0 Å². The van der Waals surface area contributed by atoms with E-state index >= 15 is 0 Å². The number of benzene rings is 2. The number of hydrogen-bond donors (Lipinski definition) is 1. The minimum atomic E-state index is -4.51. The van der Waals surface area contributed by atoms with Crippen molar-refractivity contribution >= 4 is 34.3 Å². The summed E-state index contributed by atoms with van der Waals surface area (Å²) < 4.78 is 39.3. The Hall–Kier alpha value is -2.15. The molecule has 0 bridgehead atoms. The topological polar surface area (TPSA) is 55.4 Å². The summed E-state index contributed by atoms with van der Waals surface area (Å²) in [4.78, 5) is 15.9. The van der Waals surface area contributed by atoms with Crippen LogP contribution in [0.1, 0.15) is 27.0 Å². The first-order valence-corrected chi connectivity index (χ1v) is 6.54. The fraction of sp³-hybridized carbons (Fsp3) is 0.125. The van der Waals surface area contributed by atoms with Crippen LogP contribution < -0.4 is 5.73 Å². The van der Waals surface area contributed by atoms with E-state index in [4.69, 9.17) is 5.73 Å². The average Bonchev–Trinajstić information content (AvgIpc) is 2.47. The van der Waals surface area contributed by atoms with Crippen LogP contribution in [0.2, 0.25) is 0 Å². The third-order valence-electron chi connectivity index (χ3n) is 3.57. The van der Waals surface area contributed by atoms with Crippen molar-refractivity contribution in [1.82, 2.24) is 0 Å². The first-order valence-electron chi connectivity index (χ1n) is 6.54. The lowest BCUT2D eigenvalue weighted by molar-refractivity contribution is -0.137. The molecule has 2 aromatic rings. The molecule has 1 heterocycles. The third kappa shape index (κ3) is 3.14. The Labute approximate surface area is 140 Å². The summed E-state index contributed by atoms with van der Waals surface area (Å²) in [5.74, 6) is -0.569. The second-order valence-corrected chi connectivity index (χ2v) is 4.96. The third-order valence-corrected chi connectivity index (χ3v) is 3.57. The fourth-order valence-electron chi connectivity index (χ4n) is 2.53. The molecule has 0 atom stereocenters. The summed E-state index contributed by atoms with van der Waals surface area (Å²) in [6.45, 7) is 0. The molecule has 1 amide bonds. The van der Waals surface area contributed by atoms with E-state index in [-0.39, 0.29) is 34.7 Å². The van der Waals surface area contributed by atoms with Gasteiger partial charge in [-0.25, -0.2) is 4.99 Å². The Morgan fingerprint density at radius 1 is 1.00 bits per heavy atom.